The highest BCUT2D eigenvalue weighted by molar-refractivity contribution is 4.93. The first-order valence-electron chi connectivity index (χ1n) is 6.25. The van der Waals surface area contributed by atoms with Crippen molar-refractivity contribution in [3.8, 4) is 0 Å². The van der Waals surface area contributed by atoms with Gasteiger partial charge in [-0.1, -0.05) is 20.3 Å². The molecule has 0 amide bonds. The van der Waals surface area contributed by atoms with Gasteiger partial charge in [0.15, 0.2) is 0 Å². The first-order valence-corrected chi connectivity index (χ1v) is 6.25. The van der Waals surface area contributed by atoms with E-state index in [1.807, 2.05) is 0 Å². The van der Waals surface area contributed by atoms with Crippen molar-refractivity contribution in [2.24, 2.45) is 17.8 Å². The Morgan fingerprint density at radius 3 is 2.79 bits per heavy atom. The van der Waals surface area contributed by atoms with Gasteiger partial charge < -0.3 is 10.6 Å². The molecule has 0 aromatic rings. The van der Waals surface area contributed by atoms with Crippen molar-refractivity contribution < 1.29 is 0 Å². The second kappa shape index (κ2) is 4.63. The fraction of sp³-hybridized carbons (Fsp3) is 1.00. The van der Waals surface area contributed by atoms with Crippen LogP contribution in [0.1, 0.15) is 33.1 Å². The van der Waals surface area contributed by atoms with Gasteiger partial charge in [0.25, 0.3) is 0 Å². The van der Waals surface area contributed by atoms with Crippen LogP contribution in [0.5, 0.6) is 0 Å². The quantitative estimate of drug-likeness (QED) is 0.674. The first-order chi connectivity index (χ1) is 6.81. The molecule has 2 nitrogen and oxygen atoms in total. The molecule has 1 aliphatic heterocycles. The maximum absolute atomic E-state index is 3.71. The lowest BCUT2D eigenvalue weighted by Gasteiger charge is -2.32. The molecule has 0 aromatic carbocycles. The molecule has 3 atom stereocenters. The number of rotatable bonds is 6. The second-order valence-corrected chi connectivity index (χ2v) is 5.19. The molecule has 0 aromatic heterocycles. The Hall–Kier alpha value is -0.0800. The average Bonchev–Trinajstić information content (AvgIpc) is 2.78. The highest BCUT2D eigenvalue weighted by Gasteiger charge is 2.36. The summed E-state index contributed by atoms with van der Waals surface area (Å²) in [5, 5.41) is 7.06. The normalized spacial score (nSPS) is 33.9. The Balaban J connectivity index is 1.54. The molecule has 1 heterocycles. The van der Waals surface area contributed by atoms with Crippen molar-refractivity contribution in [2.75, 3.05) is 19.6 Å². The zero-order chi connectivity index (χ0) is 9.97. The summed E-state index contributed by atoms with van der Waals surface area (Å²) in [6.07, 6.45) is 4.21. The third kappa shape index (κ3) is 2.48. The Kier molecular flexibility index (Phi) is 3.45. The van der Waals surface area contributed by atoms with Gasteiger partial charge in [0.1, 0.15) is 0 Å². The summed E-state index contributed by atoms with van der Waals surface area (Å²) in [4.78, 5) is 0. The van der Waals surface area contributed by atoms with Gasteiger partial charge in [0, 0.05) is 6.04 Å². The van der Waals surface area contributed by atoms with Gasteiger partial charge in [0.05, 0.1) is 0 Å². The van der Waals surface area contributed by atoms with Crippen molar-refractivity contribution in [1.29, 1.82) is 0 Å². The molecule has 2 heteroatoms. The van der Waals surface area contributed by atoms with E-state index in [0.29, 0.717) is 0 Å². The largest absolute Gasteiger partial charge is 0.316 e. The van der Waals surface area contributed by atoms with Crippen LogP contribution in [0.3, 0.4) is 0 Å². The van der Waals surface area contributed by atoms with E-state index in [1.165, 1.54) is 38.9 Å². The van der Waals surface area contributed by atoms with E-state index in [-0.39, 0.29) is 0 Å². The summed E-state index contributed by atoms with van der Waals surface area (Å²) in [6, 6.07) is 0.866. The molecule has 2 N–H and O–H groups in total. The predicted octanol–water partition coefficient (Wildman–Crippen LogP) is 1.62. The standard InChI is InChI=1S/C12H24N2/c1-3-4-10-5-12(10)14-6-9(2)11-7-13-8-11/h9-14H,3-8H2,1-2H3. The van der Waals surface area contributed by atoms with Crippen molar-refractivity contribution in [2.45, 2.75) is 39.2 Å². The van der Waals surface area contributed by atoms with Crippen LogP contribution < -0.4 is 10.6 Å². The maximum atomic E-state index is 3.71. The molecule has 0 bridgehead atoms. The molecule has 0 radical (unpaired) electrons. The minimum atomic E-state index is 0.860. The molecule has 3 unspecified atom stereocenters. The van der Waals surface area contributed by atoms with Crippen LogP contribution in [-0.2, 0) is 0 Å². The van der Waals surface area contributed by atoms with Gasteiger partial charge in [-0.15, -0.1) is 0 Å². The molecule has 1 aliphatic carbocycles. The van der Waals surface area contributed by atoms with Gasteiger partial charge in [-0.2, -0.15) is 0 Å². The minimum absolute atomic E-state index is 0.860. The van der Waals surface area contributed by atoms with E-state index >= 15 is 0 Å². The lowest BCUT2D eigenvalue weighted by Crippen LogP contribution is -2.47. The van der Waals surface area contributed by atoms with Crippen LogP contribution in [0.4, 0.5) is 0 Å². The Labute approximate surface area is 87.8 Å². The van der Waals surface area contributed by atoms with E-state index < -0.39 is 0 Å². The van der Waals surface area contributed by atoms with Crippen LogP contribution >= 0.6 is 0 Å². The van der Waals surface area contributed by atoms with Crippen LogP contribution in [-0.4, -0.2) is 25.7 Å². The molecule has 2 aliphatic rings. The number of hydrogen-bond acceptors (Lipinski definition) is 2. The van der Waals surface area contributed by atoms with Gasteiger partial charge >= 0.3 is 0 Å². The molecule has 82 valence electrons. The summed E-state index contributed by atoms with van der Waals surface area (Å²) in [5.74, 6) is 2.80. The molecule has 2 fully saturated rings. The van der Waals surface area contributed by atoms with Gasteiger partial charge in [-0.3, -0.25) is 0 Å². The zero-order valence-corrected chi connectivity index (χ0v) is 9.55. The molecule has 14 heavy (non-hydrogen) atoms. The molecule has 2 rings (SSSR count). The van der Waals surface area contributed by atoms with Gasteiger partial charge in [0.2, 0.25) is 0 Å². The van der Waals surface area contributed by atoms with Crippen molar-refractivity contribution >= 4 is 0 Å². The monoisotopic (exact) mass is 196 g/mol. The Bertz CT molecular complexity index is 177. The van der Waals surface area contributed by atoms with Crippen molar-refractivity contribution in [3.05, 3.63) is 0 Å². The molecular weight excluding hydrogens is 172 g/mol. The summed E-state index contributed by atoms with van der Waals surface area (Å²) in [7, 11) is 0. The van der Waals surface area contributed by atoms with Crippen LogP contribution in [0.2, 0.25) is 0 Å². The SMILES string of the molecule is CCCC1CC1NCC(C)C1CNC1. The lowest BCUT2D eigenvalue weighted by molar-refractivity contribution is 0.241. The third-order valence-electron chi connectivity index (χ3n) is 3.90. The van der Waals surface area contributed by atoms with Gasteiger partial charge in [-0.05, 0) is 50.2 Å². The molecular formula is C12H24N2. The topological polar surface area (TPSA) is 24.1 Å². The van der Waals surface area contributed by atoms with Crippen molar-refractivity contribution in [3.63, 3.8) is 0 Å². The third-order valence-corrected chi connectivity index (χ3v) is 3.90. The first kappa shape index (κ1) is 10.4. The lowest BCUT2D eigenvalue weighted by atomic mass is 9.89. The zero-order valence-electron chi connectivity index (χ0n) is 9.55. The summed E-state index contributed by atoms with van der Waals surface area (Å²) < 4.78 is 0. The van der Waals surface area contributed by atoms with E-state index in [9.17, 15) is 0 Å². The van der Waals surface area contributed by atoms with Crippen LogP contribution in [0.25, 0.3) is 0 Å². The smallest absolute Gasteiger partial charge is 0.00992 e. The second-order valence-electron chi connectivity index (χ2n) is 5.19. The molecule has 0 spiro atoms. The van der Waals surface area contributed by atoms with E-state index in [0.717, 1.165) is 23.8 Å². The highest BCUT2D eigenvalue weighted by atomic mass is 15.0. The fourth-order valence-corrected chi connectivity index (χ4v) is 2.40. The molecule has 1 saturated heterocycles. The average molecular weight is 196 g/mol. The highest BCUT2D eigenvalue weighted by Crippen LogP contribution is 2.34. The van der Waals surface area contributed by atoms with E-state index in [1.54, 1.807) is 0 Å². The number of hydrogen-bond donors (Lipinski definition) is 2. The maximum Gasteiger partial charge on any atom is 0.00992 e. The van der Waals surface area contributed by atoms with Crippen molar-refractivity contribution in [1.82, 2.24) is 10.6 Å². The van der Waals surface area contributed by atoms with Gasteiger partial charge in [-0.25, -0.2) is 0 Å². The van der Waals surface area contributed by atoms with E-state index in [4.69, 9.17) is 0 Å². The minimum Gasteiger partial charge on any atom is -0.316 e. The van der Waals surface area contributed by atoms with Crippen LogP contribution in [0.15, 0.2) is 0 Å². The fourth-order valence-electron chi connectivity index (χ4n) is 2.40. The Morgan fingerprint density at radius 2 is 2.21 bits per heavy atom. The summed E-state index contributed by atoms with van der Waals surface area (Å²) >= 11 is 0. The Morgan fingerprint density at radius 1 is 1.43 bits per heavy atom. The predicted molar refractivity (Wildman–Crippen MR) is 60.3 cm³/mol. The van der Waals surface area contributed by atoms with E-state index in [2.05, 4.69) is 24.5 Å². The van der Waals surface area contributed by atoms with Crippen LogP contribution in [0, 0.1) is 17.8 Å². The number of nitrogens with one attached hydrogen (secondary N) is 2. The molecule has 1 saturated carbocycles. The summed E-state index contributed by atoms with van der Waals surface area (Å²) in [5.41, 5.74) is 0. The summed E-state index contributed by atoms with van der Waals surface area (Å²) in [6.45, 7) is 8.39.